The molecule has 0 unspecified atom stereocenters. The first kappa shape index (κ1) is 32.2. The smallest absolute Gasteiger partial charge is 0.469 e. The molecule has 0 fully saturated rings. The van der Waals surface area contributed by atoms with E-state index in [9.17, 15) is 31.7 Å². The lowest BCUT2D eigenvalue weighted by Gasteiger charge is -2.40. The van der Waals surface area contributed by atoms with Crippen molar-refractivity contribution in [1.29, 1.82) is 0 Å². The largest absolute Gasteiger partial charge is 0.490 e. The standard InChI is InChI=1S/C27H25ClF4N3O7P/c1-14-17-4-3-15(26(36)33-12-18-21(31)10-16(29)11-22(18)32)9-23(17)35(27(37)34(14)2)13-19-20(30)5-6-24(25(19)28)41-7-8-42-43(38,39)40/h3-6,9-11,14H,7-8,12-13H2,1-2H3,(H,33,36)(H2,38,39,40)/t14-/m0/s1. The Kier molecular flexibility index (Phi) is 9.67. The molecule has 230 valence electrons. The first-order valence-corrected chi connectivity index (χ1v) is 14.5. The summed E-state index contributed by atoms with van der Waals surface area (Å²) < 4.78 is 76.8. The van der Waals surface area contributed by atoms with Gasteiger partial charge in [0.15, 0.2) is 0 Å². The Hall–Kier alpha value is -3.68. The Bertz CT molecular complexity index is 1600. The summed E-state index contributed by atoms with van der Waals surface area (Å²) >= 11 is 6.40. The molecule has 0 saturated carbocycles. The van der Waals surface area contributed by atoms with Crippen molar-refractivity contribution in [2.75, 3.05) is 25.2 Å². The number of carbonyl (C=O) groups is 2. The summed E-state index contributed by atoms with van der Waals surface area (Å²) in [4.78, 5) is 46.5. The molecule has 0 radical (unpaired) electrons. The van der Waals surface area contributed by atoms with Crippen LogP contribution in [0.1, 0.15) is 40.0 Å². The lowest BCUT2D eigenvalue weighted by atomic mass is 9.98. The van der Waals surface area contributed by atoms with Gasteiger partial charge in [-0.2, -0.15) is 0 Å². The van der Waals surface area contributed by atoms with Crippen LogP contribution in [0, 0.1) is 23.3 Å². The highest BCUT2D eigenvalue weighted by atomic mass is 35.5. The van der Waals surface area contributed by atoms with E-state index in [1.165, 1.54) is 35.0 Å². The van der Waals surface area contributed by atoms with Crippen LogP contribution in [0.5, 0.6) is 5.75 Å². The highest BCUT2D eigenvalue weighted by Crippen LogP contribution is 2.40. The second kappa shape index (κ2) is 12.9. The Morgan fingerprint density at radius 2 is 1.70 bits per heavy atom. The van der Waals surface area contributed by atoms with E-state index in [0.717, 1.165) is 6.07 Å². The number of nitrogens with one attached hydrogen (secondary N) is 1. The molecule has 0 spiro atoms. The van der Waals surface area contributed by atoms with Crippen molar-refractivity contribution in [3.05, 3.63) is 93.0 Å². The normalized spacial score (nSPS) is 15.0. The van der Waals surface area contributed by atoms with E-state index in [0.29, 0.717) is 17.7 Å². The van der Waals surface area contributed by atoms with Crippen molar-refractivity contribution in [2.24, 2.45) is 0 Å². The van der Waals surface area contributed by atoms with Crippen LogP contribution in [-0.2, 0) is 22.2 Å². The third kappa shape index (κ3) is 7.28. The number of phosphoric acid groups is 1. The molecule has 0 aromatic heterocycles. The third-order valence-corrected chi connectivity index (χ3v) is 7.68. The van der Waals surface area contributed by atoms with Crippen LogP contribution in [-0.4, -0.2) is 46.9 Å². The number of carbonyl (C=O) groups excluding carboxylic acids is 2. The minimum absolute atomic E-state index is 0.0185. The number of rotatable bonds is 10. The first-order chi connectivity index (χ1) is 20.2. The van der Waals surface area contributed by atoms with E-state index >= 15 is 0 Å². The fraction of sp³-hybridized carbons (Fsp3) is 0.259. The minimum Gasteiger partial charge on any atom is -0.490 e. The van der Waals surface area contributed by atoms with Crippen LogP contribution in [0.15, 0.2) is 42.5 Å². The van der Waals surface area contributed by atoms with Crippen LogP contribution in [0.4, 0.5) is 28.0 Å². The lowest BCUT2D eigenvalue weighted by Crippen LogP contribution is -2.46. The van der Waals surface area contributed by atoms with Gasteiger partial charge in [-0.05, 0) is 36.8 Å². The number of halogens is 5. The average Bonchev–Trinajstić information content (AvgIpc) is 2.93. The number of hydrogen-bond acceptors (Lipinski definition) is 5. The topological polar surface area (TPSA) is 129 Å². The van der Waals surface area contributed by atoms with Gasteiger partial charge in [-0.25, -0.2) is 26.9 Å². The van der Waals surface area contributed by atoms with Crippen LogP contribution in [0.25, 0.3) is 0 Å². The van der Waals surface area contributed by atoms with Gasteiger partial charge in [0.1, 0.15) is 35.6 Å². The van der Waals surface area contributed by atoms with Crippen molar-refractivity contribution in [3.63, 3.8) is 0 Å². The van der Waals surface area contributed by atoms with Crippen LogP contribution in [0.3, 0.4) is 0 Å². The first-order valence-electron chi connectivity index (χ1n) is 12.6. The summed E-state index contributed by atoms with van der Waals surface area (Å²) in [6, 6.07) is 6.64. The Balaban J connectivity index is 1.60. The van der Waals surface area contributed by atoms with Crippen LogP contribution in [0.2, 0.25) is 5.02 Å². The van der Waals surface area contributed by atoms with Crippen molar-refractivity contribution in [1.82, 2.24) is 10.2 Å². The Labute approximate surface area is 248 Å². The molecule has 10 nitrogen and oxygen atoms in total. The molecule has 1 aliphatic rings. The fourth-order valence-corrected chi connectivity index (χ4v) is 4.98. The molecule has 43 heavy (non-hydrogen) atoms. The van der Waals surface area contributed by atoms with Gasteiger partial charge in [0.2, 0.25) is 0 Å². The zero-order chi connectivity index (χ0) is 31.6. The fourth-order valence-electron chi connectivity index (χ4n) is 4.40. The quantitative estimate of drug-likeness (QED) is 0.152. The SMILES string of the molecule is C[C@H]1c2ccc(C(=O)NCc3c(F)cc(F)cc3F)cc2N(Cc2c(F)ccc(OCCOP(=O)(O)O)c2Cl)C(=O)N1C. The summed E-state index contributed by atoms with van der Waals surface area (Å²) in [7, 11) is -3.19. The zero-order valence-corrected chi connectivity index (χ0v) is 24.3. The molecule has 3 amide bonds. The lowest BCUT2D eigenvalue weighted by molar-refractivity contribution is 0.0950. The summed E-state index contributed by atoms with van der Waals surface area (Å²) in [5.74, 6) is -5.01. The number of urea groups is 1. The number of nitrogens with zero attached hydrogens (tertiary/aromatic N) is 2. The maximum atomic E-state index is 15.0. The zero-order valence-electron chi connectivity index (χ0n) is 22.6. The van der Waals surface area contributed by atoms with Gasteiger partial charge in [0, 0.05) is 42.4 Å². The molecular weight excluding hydrogens is 621 g/mol. The number of hydrogen-bond donors (Lipinski definition) is 3. The molecular formula is C27H25ClF4N3O7P. The van der Waals surface area contributed by atoms with E-state index in [1.807, 2.05) is 0 Å². The minimum atomic E-state index is -4.72. The molecule has 0 bridgehead atoms. The summed E-state index contributed by atoms with van der Waals surface area (Å²) in [5, 5.41) is 2.16. The van der Waals surface area contributed by atoms with E-state index in [1.54, 1.807) is 13.0 Å². The van der Waals surface area contributed by atoms with Gasteiger partial charge in [-0.15, -0.1) is 0 Å². The Morgan fingerprint density at radius 3 is 2.35 bits per heavy atom. The van der Waals surface area contributed by atoms with Crippen molar-refractivity contribution in [3.8, 4) is 5.75 Å². The number of ether oxygens (including phenoxy) is 1. The molecule has 3 aromatic carbocycles. The van der Waals surface area contributed by atoms with Gasteiger partial charge in [-0.1, -0.05) is 17.7 Å². The van der Waals surface area contributed by atoms with Gasteiger partial charge in [0.25, 0.3) is 5.91 Å². The van der Waals surface area contributed by atoms with E-state index in [-0.39, 0.29) is 34.2 Å². The number of phosphoric ester groups is 1. The van der Waals surface area contributed by atoms with E-state index < -0.39 is 74.3 Å². The summed E-state index contributed by atoms with van der Waals surface area (Å²) in [6.45, 7) is -0.0516. The molecule has 0 saturated heterocycles. The second-order valence-electron chi connectivity index (χ2n) is 9.47. The predicted octanol–water partition coefficient (Wildman–Crippen LogP) is 5.45. The van der Waals surface area contributed by atoms with E-state index in [2.05, 4.69) is 9.84 Å². The molecule has 1 aliphatic heterocycles. The third-order valence-electron chi connectivity index (χ3n) is 6.75. The van der Waals surface area contributed by atoms with Gasteiger partial charge in [-0.3, -0.25) is 14.2 Å². The second-order valence-corrected chi connectivity index (χ2v) is 11.1. The number of benzene rings is 3. The van der Waals surface area contributed by atoms with Crippen molar-refractivity contribution < 1.29 is 50.8 Å². The highest BCUT2D eigenvalue weighted by molar-refractivity contribution is 7.46. The van der Waals surface area contributed by atoms with Crippen molar-refractivity contribution >= 4 is 37.0 Å². The highest BCUT2D eigenvalue weighted by Gasteiger charge is 2.35. The summed E-state index contributed by atoms with van der Waals surface area (Å²) in [6.07, 6.45) is 0. The van der Waals surface area contributed by atoms with Gasteiger partial charge >= 0.3 is 13.9 Å². The maximum absolute atomic E-state index is 15.0. The molecule has 1 heterocycles. The molecule has 4 rings (SSSR count). The molecule has 1 atom stereocenters. The Morgan fingerprint density at radius 1 is 1.02 bits per heavy atom. The average molecular weight is 646 g/mol. The van der Waals surface area contributed by atoms with Crippen molar-refractivity contribution in [2.45, 2.75) is 26.1 Å². The predicted molar refractivity (Wildman–Crippen MR) is 147 cm³/mol. The molecule has 3 aromatic rings. The van der Waals surface area contributed by atoms with Gasteiger partial charge < -0.3 is 24.7 Å². The maximum Gasteiger partial charge on any atom is 0.469 e. The number of fused-ring (bicyclic) bond motifs is 1. The molecule has 3 N–H and O–H groups in total. The van der Waals surface area contributed by atoms with Gasteiger partial charge in [0.05, 0.1) is 29.9 Å². The van der Waals surface area contributed by atoms with Crippen LogP contribution >= 0.6 is 19.4 Å². The van der Waals surface area contributed by atoms with Crippen LogP contribution < -0.4 is 15.0 Å². The summed E-state index contributed by atoms with van der Waals surface area (Å²) in [5.41, 5.74) is 0.187. The molecule has 16 heteroatoms. The number of amides is 3. The monoisotopic (exact) mass is 645 g/mol. The molecule has 0 aliphatic carbocycles. The van der Waals surface area contributed by atoms with E-state index in [4.69, 9.17) is 26.1 Å². The number of anilines is 1.